The van der Waals surface area contributed by atoms with Crippen LogP contribution in [-0.4, -0.2) is 45.2 Å². The van der Waals surface area contributed by atoms with Gasteiger partial charge in [-0.15, -0.1) is 0 Å². The molecule has 2 atom stereocenters. The van der Waals surface area contributed by atoms with Crippen LogP contribution < -0.4 is 10.6 Å². The summed E-state index contributed by atoms with van der Waals surface area (Å²) in [5, 5.41) is 9.41. The number of nitrogens with one attached hydrogen (secondary N) is 2. The molecular weight excluding hydrogens is 256 g/mol. The third-order valence-electron chi connectivity index (χ3n) is 3.58. The molecule has 8 heteroatoms. The molecule has 3 heterocycles. The molecule has 0 aliphatic carbocycles. The van der Waals surface area contributed by atoms with E-state index in [-0.39, 0.29) is 11.9 Å². The van der Waals surface area contributed by atoms with Crippen LogP contribution in [0.4, 0.5) is 8.78 Å². The Morgan fingerprint density at radius 2 is 2.42 bits per heavy atom. The summed E-state index contributed by atoms with van der Waals surface area (Å²) in [6.07, 6.45) is 2.55. The first kappa shape index (κ1) is 12.5. The quantitative estimate of drug-likeness (QED) is 0.775. The lowest BCUT2D eigenvalue weighted by Gasteiger charge is -2.24. The summed E-state index contributed by atoms with van der Waals surface area (Å²) in [6.45, 7) is 0.118. The van der Waals surface area contributed by atoms with Gasteiger partial charge in [0.25, 0.3) is 5.92 Å². The number of carbonyl (C=O) groups is 1. The van der Waals surface area contributed by atoms with Gasteiger partial charge in [0, 0.05) is 18.9 Å². The molecular formula is C11H15F2N5O. The van der Waals surface area contributed by atoms with Crippen LogP contribution in [0.5, 0.6) is 0 Å². The number of fused-ring (bicyclic) bond motifs is 1. The van der Waals surface area contributed by atoms with Gasteiger partial charge in [-0.2, -0.15) is 5.10 Å². The third kappa shape index (κ3) is 2.58. The van der Waals surface area contributed by atoms with Crippen LogP contribution in [0, 0.1) is 0 Å². The van der Waals surface area contributed by atoms with Gasteiger partial charge in [-0.05, 0) is 6.42 Å². The van der Waals surface area contributed by atoms with E-state index in [0.29, 0.717) is 6.54 Å². The highest BCUT2D eigenvalue weighted by atomic mass is 19.3. The first-order chi connectivity index (χ1) is 9.03. The van der Waals surface area contributed by atoms with Gasteiger partial charge in [0.15, 0.2) is 0 Å². The molecule has 2 unspecified atom stereocenters. The largest absolute Gasteiger partial charge is 0.350 e. The molecule has 1 saturated heterocycles. The maximum Gasteiger partial charge on any atom is 0.262 e. The molecule has 0 saturated carbocycles. The fraction of sp³-hybridized carbons (Fsp3) is 0.727. The van der Waals surface area contributed by atoms with Crippen molar-refractivity contribution in [3.05, 3.63) is 12.2 Å². The molecule has 0 aromatic carbocycles. The maximum atomic E-state index is 13.0. The molecule has 0 radical (unpaired) electrons. The molecule has 1 amide bonds. The molecule has 2 N–H and O–H groups in total. The monoisotopic (exact) mass is 271 g/mol. The summed E-state index contributed by atoms with van der Waals surface area (Å²) in [5.74, 6) is -2.24. The Balaban J connectivity index is 1.57. The second kappa shape index (κ2) is 4.52. The minimum Gasteiger partial charge on any atom is -0.350 e. The van der Waals surface area contributed by atoms with Crippen LogP contribution in [0.2, 0.25) is 0 Å². The predicted molar refractivity (Wildman–Crippen MR) is 61.6 cm³/mol. The van der Waals surface area contributed by atoms with Crippen molar-refractivity contribution in [2.45, 2.75) is 43.8 Å². The lowest BCUT2D eigenvalue weighted by molar-refractivity contribution is -0.124. The molecule has 1 aromatic rings. The van der Waals surface area contributed by atoms with E-state index in [1.807, 2.05) is 0 Å². The van der Waals surface area contributed by atoms with Crippen LogP contribution in [0.3, 0.4) is 0 Å². The Hall–Kier alpha value is -1.57. The average Bonchev–Trinajstić information content (AvgIpc) is 2.94. The fourth-order valence-corrected chi connectivity index (χ4v) is 2.56. The van der Waals surface area contributed by atoms with Crippen molar-refractivity contribution < 1.29 is 13.6 Å². The highest BCUT2D eigenvalue weighted by molar-refractivity contribution is 5.82. The number of carbonyl (C=O) groups excluding carboxylic acids is 1. The van der Waals surface area contributed by atoms with E-state index in [2.05, 4.69) is 20.7 Å². The van der Waals surface area contributed by atoms with Crippen molar-refractivity contribution in [2.24, 2.45) is 0 Å². The van der Waals surface area contributed by atoms with E-state index in [1.165, 1.54) is 6.33 Å². The third-order valence-corrected chi connectivity index (χ3v) is 3.58. The number of nitrogens with zero attached hydrogens (tertiary/aromatic N) is 3. The predicted octanol–water partition coefficient (Wildman–Crippen LogP) is -0.294. The van der Waals surface area contributed by atoms with Crippen molar-refractivity contribution in [1.82, 2.24) is 25.4 Å². The Morgan fingerprint density at radius 3 is 3.16 bits per heavy atom. The number of rotatable bonds is 2. The Bertz CT molecular complexity index is 489. The average molecular weight is 271 g/mol. The summed E-state index contributed by atoms with van der Waals surface area (Å²) in [7, 11) is 0. The highest BCUT2D eigenvalue weighted by Gasteiger charge is 2.42. The van der Waals surface area contributed by atoms with E-state index < -0.39 is 24.9 Å². The molecule has 2 aliphatic heterocycles. The van der Waals surface area contributed by atoms with Gasteiger partial charge < -0.3 is 5.32 Å². The van der Waals surface area contributed by atoms with E-state index >= 15 is 0 Å². The first-order valence-electron chi connectivity index (χ1n) is 6.32. The summed E-state index contributed by atoms with van der Waals surface area (Å²) in [5.41, 5.74) is 0. The van der Waals surface area contributed by atoms with Crippen LogP contribution in [-0.2, 0) is 17.8 Å². The lowest BCUT2D eigenvalue weighted by Crippen LogP contribution is -2.48. The van der Waals surface area contributed by atoms with Gasteiger partial charge >= 0.3 is 0 Å². The number of aryl methyl sites for hydroxylation is 1. The standard InChI is InChI=1S/C11H15F2N5O/c12-11(13)3-8(14-5-11)10(19)17-7-1-2-9-15-6-16-18(9)4-7/h6-8,14H,1-5H2,(H,17,19). The minimum atomic E-state index is -2.78. The van der Waals surface area contributed by atoms with Gasteiger partial charge in [-0.1, -0.05) is 0 Å². The smallest absolute Gasteiger partial charge is 0.262 e. The number of hydrogen-bond acceptors (Lipinski definition) is 4. The van der Waals surface area contributed by atoms with Crippen molar-refractivity contribution >= 4 is 5.91 Å². The zero-order chi connectivity index (χ0) is 13.5. The van der Waals surface area contributed by atoms with Crippen molar-refractivity contribution in [1.29, 1.82) is 0 Å². The molecule has 2 aliphatic rings. The van der Waals surface area contributed by atoms with Crippen LogP contribution in [0.25, 0.3) is 0 Å². The van der Waals surface area contributed by atoms with E-state index in [1.54, 1.807) is 4.68 Å². The molecule has 1 fully saturated rings. The second-order valence-electron chi connectivity index (χ2n) is 5.10. The number of hydrogen-bond donors (Lipinski definition) is 2. The summed E-state index contributed by atoms with van der Waals surface area (Å²) in [4.78, 5) is 16.0. The summed E-state index contributed by atoms with van der Waals surface area (Å²) < 4.78 is 27.8. The van der Waals surface area contributed by atoms with Crippen molar-refractivity contribution in [3.8, 4) is 0 Å². The Kier molecular flexibility index (Phi) is 2.96. The molecule has 104 valence electrons. The highest BCUT2D eigenvalue weighted by Crippen LogP contribution is 2.25. The van der Waals surface area contributed by atoms with E-state index in [9.17, 15) is 13.6 Å². The van der Waals surface area contributed by atoms with Crippen molar-refractivity contribution in [3.63, 3.8) is 0 Å². The second-order valence-corrected chi connectivity index (χ2v) is 5.10. The van der Waals surface area contributed by atoms with Gasteiger partial charge in [0.05, 0.1) is 19.1 Å². The fourth-order valence-electron chi connectivity index (χ4n) is 2.56. The van der Waals surface area contributed by atoms with Gasteiger partial charge in [-0.25, -0.2) is 18.4 Å². The normalized spacial score (nSPS) is 28.9. The number of amides is 1. The zero-order valence-corrected chi connectivity index (χ0v) is 10.3. The summed E-state index contributed by atoms with van der Waals surface area (Å²) >= 11 is 0. The van der Waals surface area contributed by atoms with Gasteiger partial charge in [0.2, 0.25) is 5.91 Å². The zero-order valence-electron chi connectivity index (χ0n) is 10.3. The van der Waals surface area contributed by atoms with E-state index in [4.69, 9.17) is 0 Å². The van der Waals surface area contributed by atoms with E-state index in [0.717, 1.165) is 18.7 Å². The number of aromatic nitrogens is 3. The molecule has 0 bridgehead atoms. The molecule has 19 heavy (non-hydrogen) atoms. The van der Waals surface area contributed by atoms with Crippen LogP contribution in [0.1, 0.15) is 18.7 Å². The van der Waals surface area contributed by atoms with Crippen LogP contribution in [0.15, 0.2) is 6.33 Å². The SMILES string of the molecule is O=C(NC1CCc2ncnn2C1)C1CC(F)(F)CN1. The van der Waals surface area contributed by atoms with Gasteiger partial charge in [0.1, 0.15) is 12.2 Å². The topological polar surface area (TPSA) is 71.8 Å². The van der Waals surface area contributed by atoms with Gasteiger partial charge in [-0.3, -0.25) is 10.1 Å². The number of alkyl halides is 2. The molecule has 0 spiro atoms. The minimum absolute atomic E-state index is 0.0716. The molecule has 3 rings (SSSR count). The Labute approximate surface area is 108 Å². The van der Waals surface area contributed by atoms with Crippen molar-refractivity contribution in [2.75, 3.05) is 6.54 Å². The maximum absolute atomic E-state index is 13.0. The lowest BCUT2D eigenvalue weighted by atomic mass is 10.1. The molecule has 1 aromatic heterocycles. The van der Waals surface area contributed by atoms with Crippen LogP contribution >= 0.6 is 0 Å². The Morgan fingerprint density at radius 1 is 1.58 bits per heavy atom. The first-order valence-corrected chi connectivity index (χ1v) is 6.32. The summed E-state index contributed by atoms with van der Waals surface area (Å²) in [6, 6.07) is -0.870. The number of halogens is 2. The molecule has 6 nitrogen and oxygen atoms in total.